The van der Waals surface area contributed by atoms with Crippen molar-refractivity contribution in [3.05, 3.63) is 18.3 Å². The van der Waals surface area contributed by atoms with Crippen molar-refractivity contribution in [1.82, 2.24) is 19.7 Å². The van der Waals surface area contributed by atoms with Crippen molar-refractivity contribution in [3.8, 4) is 5.95 Å². The fourth-order valence-electron chi connectivity index (χ4n) is 1.60. The first kappa shape index (κ1) is 9.38. The number of hydrogen-bond acceptors (Lipinski definition) is 5. The Morgan fingerprint density at radius 3 is 2.94 bits per heavy atom. The van der Waals surface area contributed by atoms with Crippen LogP contribution in [0.5, 0.6) is 0 Å². The molecule has 0 aromatic carbocycles. The van der Waals surface area contributed by atoms with E-state index in [1.165, 1.54) is 0 Å². The highest BCUT2D eigenvalue weighted by Crippen LogP contribution is 2.39. The summed E-state index contributed by atoms with van der Waals surface area (Å²) in [5.74, 6) is 2.58. The summed E-state index contributed by atoms with van der Waals surface area (Å²) >= 11 is 0. The van der Waals surface area contributed by atoms with Crippen LogP contribution in [-0.4, -0.2) is 33.8 Å². The highest BCUT2D eigenvalue weighted by atomic mass is 16.5. The van der Waals surface area contributed by atoms with Crippen LogP contribution in [0.2, 0.25) is 0 Å². The highest BCUT2D eigenvalue weighted by Gasteiger charge is 2.30. The van der Waals surface area contributed by atoms with Gasteiger partial charge in [0.25, 0.3) is 5.95 Å². The maximum absolute atomic E-state index is 5.22. The van der Waals surface area contributed by atoms with E-state index in [0.29, 0.717) is 11.9 Å². The summed E-state index contributed by atoms with van der Waals surface area (Å²) in [4.78, 5) is 10.5. The summed E-state index contributed by atoms with van der Waals surface area (Å²) in [6, 6.07) is 0. The van der Waals surface area contributed by atoms with Crippen LogP contribution in [0.1, 0.15) is 24.7 Å². The molecule has 6 heteroatoms. The highest BCUT2D eigenvalue weighted by molar-refractivity contribution is 5.35. The van der Waals surface area contributed by atoms with Crippen LogP contribution in [0.3, 0.4) is 0 Å². The van der Waals surface area contributed by atoms with E-state index in [1.807, 2.05) is 29.8 Å². The van der Waals surface area contributed by atoms with Gasteiger partial charge in [-0.1, -0.05) is 0 Å². The van der Waals surface area contributed by atoms with Gasteiger partial charge in [-0.05, 0) is 18.0 Å². The lowest BCUT2D eigenvalue weighted by Crippen LogP contribution is -2.14. The molecule has 0 spiro atoms. The molecule has 84 valence electrons. The van der Waals surface area contributed by atoms with Crippen LogP contribution >= 0.6 is 0 Å². The molecule has 0 N–H and O–H groups in total. The Morgan fingerprint density at radius 1 is 1.44 bits per heavy atom. The molecule has 0 bridgehead atoms. The van der Waals surface area contributed by atoms with Gasteiger partial charge in [0, 0.05) is 32.4 Å². The molecule has 1 fully saturated rings. The topological polar surface area (TPSA) is 60.0 Å². The summed E-state index contributed by atoms with van der Waals surface area (Å²) in [6.45, 7) is 0. The Balaban J connectivity index is 1.97. The van der Waals surface area contributed by atoms with Crippen LogP contribution in [0.25, 0.3) is 5.95 Å². The minimum Gasteiger partial charge on any atom is -0.348 e. The summed E-state index contributed by atoms with van der Waals surface area (Å²) in [5, 5.41) is 3.97. The van der Waals surface area contributed by atoms with Gasteiger partial charge in [-0.25, -0.2) is 4.98 Å². The van der Waals surface area contributed by atoms with Crippen molar-refractivity contribution in [2.45, 2.75) is 18.8 Å². The molecule has 0 amide bonds. The van der Waals surface area contributed by atoms with E-state index in [1.54, 1.807) is 6.20 Å². The van der Waals surface area contributed by atoms with Crippen molar-refractivity contribution in [1.29, 1.82) is 0 Å². The summed E-state index contributed by atoms with van der Waals surface area (Å²) in [5.41, 5.74) is 0. The van der Waals surface area contributed by atoms with Gasteiger partial charge < -0.3 is 9.42 Å². The predicted octanol–water partition coefficient (Wildman–Crippen LogP) is 1.20. The van der Waals surface area contributed by atoms with E-state index in [9.17, 15) is 0 Å². The van der Waals surface area contributed by atoms with E-state index >= 15 is 0 Å². The lowest BCUT2D eigenvalue weighted by molar-refractivity contribution is 0.377. The SMILES string of the molecule is CN(C)c1nccn1-c1noc(C2CC2)n1. The molecule has 0 atom stereocenters. The second-order valence-electron chi connectivity index (χ2n) is 4.20. The Morgan fingerprint density at radius 2 is 2.25 bits per heavy atom. The van der Waals surface area contributed by atoms with Crippen molar-refractivity contribution >= 4 is 5.95 Å². The maximum atomic E-state index is 5.22. The van der Waals surface area contributed by atoms with Crippen LogP contribution in [0.4, 0.5) is 5.95 Å². The largest absolute Gasteiger partial charge is 0.348 e. The average Bonchev–Trinajstić information content (AvgIpc) is 2.83. The lowest BCUT2D eigenvalue weighted by Gasteiger charge is -2.10. The Bertz CT molecular complexity index is 497. The van der Waals surface area contributed by atoms with Crippen molar-refractivity contribution in [3.63, 3.8) is 0 Å². The number of hydrogen-bond donors (Lipinski definition) is 0. The number of imidazole rings is 1. The molecule has 2 heterocycles. The molecule has 0 unspecified atom stereocenters. The van der Waals surface area contributed by atoms with E-state index in [2.05, 4.69) is 15.1 Å². The third-order valence-electron chi connectivity index (χ3n) is 2.59. The Kier molecular flexibility index (Phi) is 1.95. The second-order valence-corrected chi connectivity index (χ2v) is 4.20. The first-order valence-electron chi connectivity index (χ1n) is 5.30. The minimum absolute atomic E-state index is 0.479. The molecule has 2 aromatic heterocycles. The normalized spacial score (nSPS) is 15.4. The molecule has 3 rings (SSSR count). The van der Waals surface area contributed by atoms with Crippen LogP contribution in [0, 0.1) is 0 Å². The van der Waals surface area contributed by atoms with E-state index in [0.717, 1.165) is 24.7 Å². The molecule has 0 aliphatic heterocycles. The third kappa shape index (κ3) is 1.46. The first-order chi connectivity index (χ1) is 7.75. The van der Waals surface area contributed by atoms with Gasteiger partial charge in [-0.2, -0.15) is 4.98 Å². The van der Waals surface area contributed by atoms with Crippen LogP contribution in [0.15, 0.2) is 16.9 Å². The number of anilines is 1. The Labute approximate surface area is 92.9 Å². The molecular formula is C10H13N5O. The fraction of sp³-hybridized carbons (Fsp3) is 0.500. The average molecular weight is 219 g/mol. The fourth-order valence-corrected chi connectivity index (χ4v) is 1.60. The maximum Gasteiger partial charge on any atom is 0.277 e. The second kappa shape index (κ2) is 3.33. The standard InChI is InChI=1S/C10H13N5O/c1-14(2)10-11-5-6-15(10)9-12-8(16-13-9)7-3-4-7/h5-7H,3-4H2,1-2H3. The zero-order chi connectivity index (χ0) is 11.1. The predicted molar refractivity (Wildman–Crippen MR) is 57.7 cm³/mol. The molecule has 0 saturated heterocycles. The summed E-state index contributed by atoms with van der Waals surface area (Å²) in [6.07, 6.45) is 5.87. The zero-order valence-electron chi connectivity index (χ0n) is 9.29. The monoisotopic (exact) mass is 219 g/mol. The van der Waals surface area contributed by atoms with E-state index < -0.39 is 0 Å². The minimum atomic E-state index is 0.479. The molecule has 1 aliphatic carbocycles. The molecular weight excluding hydrogens is 206 g/mol. The summed E-state index contributed by atoms with van der Waals surface area (Å²) in [7, 11) is 3.86. The number of nitrogens with zero attached hydrogens (tertiary/aromatic N) is 5. The van der Waals surface area contributed by atoms with Gasteiger partial charge in [0.2, 0.25) is 11.8 Å². The molecule has 1 aliphatic rings. The summed E-state index contributed by atoms with van der Waals surface area (Å²) < 4.78 is 7.03. The molecule has 2 aromatic rings. The molecule has 16 heavy (non-hydrogen) atoms. The third-order valence-corrected chi connectivity index (χ3v) is 2.59. The van der Waals surface area contributed by atoms with Gasteiger partial charge in [-0.3, -0.25) is 4.57 Å². The smallest absolute Gasteiger partial charge is 0.277 e. The van der Waals surface area contributed by atoms with Crippen LogP contribution in [-0.2, 0) is 0 Å². The molecule has 1 saturated carbocycles. The van der Waals surface area contributed by atoms with Crippen LogP contribution < -0.4 is 4.90 Å². The van der Waals surface area contributed by atoms with Crippen molar-refractivity contribution < 1.29 is 4.52 Å². The van der Waals surface area contributed by atoms with Gasteiger partial charge in [0.05, 0.1) is 0 Å². The Hall–Kier alpha value is -1.85. The number of rotatable bonds is 3. The van der Waals surface area contributed by atoms with Crippen molar-refractivity contribution in [2.75, 3.05) is 19.0 Å². The molecule has 6 nitrogen and oxygen atoms in total. The van der Waals surface area contributed by atoms with Gasteiger partial charge in [0.1, 0.15) is 0 Å². The number of aromatic nitrogens is 4. The quantitative estimate of drug-likeness (QED) is 0.776. The molecule has 0 radical (unpaired) electrons. The van der Waals surface area contributed by atoms with E-state index in [4.69, 9.17) is 4.52 Å². The van der Waals surface area contributed by atoms with Gasteiger partial charge in [-0.15, -0.1) is 0 Å². The van der Waals surface area contributed by atoms with Crippen molar-refractivity contribution in [2.24, 2.45) is 0 Å². The first-order valence-corrected chi connectivity index (χ1v) is 5.30. The zero-order valence-corrected chi connectivity index (χ0v) is 9.29. The van der Waals surface area contributed by atoms with E-state index in [-0.39, 0.29) is 0 Å². The van der Waals surface area contributed by atoms with Gasteiger partial charge in [0.15, 0.2) is 0 Å². The van der Waals surface area contributed by atoms with Gasteiger partial charge >= 0.3 is 0 Å². The lowest BCUT2D eigenvalue weighted by atomic mass is 10.4.